The first-order chi connectivity index (χ1) is 12.6. The zero-order valence-corrected chi connectivity index (χ0v) is 14.4. The van der Waals surface area contributed by atoms with Crippen molar-refractivity contribution in [3.05, 3.63) is 81.1 Å². The summed E-state index contributed by atoms with van der Waals surface area (Å²) in [5.41, 5.74) is 6.44. The fourth-order valence-corrected chi connectivity index (χ4v) is 2.57. The van der Waals surface area contributed by atoms with E-state index in [0.29, 0.717) is 11.3 Å². The summed E-state index contributed by atoms with van der Waals surface area (Å²) in [5, 5.41) is 13.4. The predicted octanol–water partition coefficient (Wildman–Crippen LogP) is 3.37. The van der Waals surface area contributed by atoms with Gasteiger partial charge in [0.05, 0.1) is 11.9 Å². The summed E-state index contributed by atoms with van der Waals surface area (Å²) < 4.78 is 0. The Hall–Kier alpha value is -3.72. The molecule has 0 amide bonds. The lowest BCUT2D eigenvalue weighted by Crippen LogP contribution is -2.16. The number of hydrogen-bond acceptors (Lipinski definition) is 5. The molecule has 3 rings (SSSR count). The zero-order chi connectivity index (χ0) is 18.5. The van der Waals surface area contributed by atoms with E-state index in [2.05, 4.69) is 26.6 Å². The molecule has 0 aliphatic carbocycles. The Kier molecular flexibility index (Phi) is 4.90. The molecular formula is C20H17N5O. The largest absolute Gasteiger partial charge is 0.290 e. The molecule has 0 saturated carbocycles. The minimum Gasteiger partial charge on any atom is -0.290 e. The summed E-state index contributed by atoms with van der Waals surface area (Å²) in [6, 6.07) is 17.1. The first-order valence-electron chi connectivity index (χ1n) is 8.04. The summed E-state index contributed by atoms with van der Waals surface area (Å²) in [7, 11) is 0. The van der Waals surface area contributed by atoms with E-state index in [1.54, 1.807) is 18.3 Å². The highest BCUT2D eigenvalue weighted by Gasteiger charge is 2.12. The normalized spacial score (nSPS) is 10.7. The first-order valence-corrected chi connectivity index (χ1v) is 8.04. The van der Waals surface area contributed by atoms with E-state index < -0.39 is 5.56 Å². The van der Waals surface area contributed by atoms with Crippen LogP contribution in [0.15, 0.2) is 58.4 Å². The van der Waals surface area contributed by atoms with Crippen molar-refractivity contribution in [2.24, 2.45) is 5.10 Å². The number of H-pyrrole nitrogens is 1. The van der Waals surface area contributed by atoms with Crippen LogP contribution >= 0.6 is 0 Å². The zero-order valence-electron chi connectivity index (χ0n) is 14.4. The molecule has 0 aliphatic rings. The highest BCUT2D eigenvalue weighted by molar-refractivity contribution is 5.82. The van der Waals surface area contributed by atoms with Gasteiger partial charge in [-0.3, -0.25) is 9.78 Å². The fourth-order valence-electron chi connectivity index (χ4n) is 2.57. The van der Waals surface area contributed by atoms with E-state index >= 15 is 0 Å². The van der Waals surface area contributed by atoms with Crippen LogP contribution in [-0.2, 0) is 0 Å². The van der Waals surface area contributed by atoms with Crippen LogP contribution in [0, 0.1) is 25.2 Å². The molecule has 0 spiro atoms. The SMILES string of the molecule is Cc1ccc(C=NNc2nc(-c3ccccc3)c(C#N)c(=O)[nH]2)c(C)c1. The van der Waals surface area contributed by atoms with Gasteiger partial charge in [-0.15, -0.1) is 0 Å². The van der Waals surface area contributed by atoms with Crippen LogP contribution in [0.5, 0.6) is 0 Å². The van der Waals surface area contributed by atoms with Gasteiger partial charge in [0.1, 0.15) is 11.6 Å². The van der Waals surface area contributed by atoms with Gasteiger partial charge in [0.25, 0.3) is 5.56 Å². The topological polar surface area (TPSA) is 93.9 Å². The van der Waals surface area contributed by atoms with Gasteiger partial charge in [0.15, 0.2) is 0 Å². The minimum absolute atomic E-state index is 0.0277. The highest BCUT2D eigenvalue weighted by atomic mass is 16.1. The second kappa shape index (κ2) is 7.45. The number of aromatic nitrogens is 2. The summed E-state index contributed by atoms with van der Waals surface area (Å²) in [4.78, 5) is 19.1. The van der Waals surface area contributed by atoms with Crippen LogP contribution in [0.3, 0.4) is 0 Å². The fraction of sp³-hybridized carbons (Fsp3) is 0.100. The number of nitrogens with zero attached hydrogens (tertiary/aromatic N) is 3. The molecule has 6 nitrogen and oxygen atoms in total. The number of benzene rings is 2. The van der Waals surface area contributed by atoms with Crippen LogP contribution in [0.25, 0.3) is 11.3 Å². The summed E-state index contributed by atoms with van der Waals surface area (Å²) in [6.07, 6.45) is 1.66. The number of anilines is 1. The van der Waals surface area contributed by atoms with E-state index in [4.69, 9.17) is 0 Å². The number of hydrogen-bond donors (Lipinski definition) is 2. The smallest absolute Gasteiger partial charge is 0.270 e. The standard InChI is InChI=1S/C20H17N5O/c1-13-8-9-16(14(2)10-13)12-22-25-20-23-18(15-6-4-3-5-7-15)17(11-21)19(26)24-20/h3-10,12H,1-2H3,(H2,23,24,25,26). The summed E-state index contributed by atoms with van der Waals surface area (Å²) >= 11 is 0. The Morgan fingerprint density at radius 2 is 1.96 bits per heavy atom. The third-order valence-electron chi connectivity index (χ3n) is 3.88. The second-order valence-electron chi connectivity index (χ2n) is 5.85. The van der Waals surface area contributed by atoms with Crippen molar-refractivity contribution in [1.29, 1.82) is 5.26 Å². The molecule has 0 radical (unpaired) electrons. The Labute approximate surface area is 150 Å². The van der Waals surface area contributed by atoms with Gasteiger partial charge in [0, 0.05) is 5.56 Å². The van der Waals surface area contributed by atoms with Crippen molar-refractivity contribution in [2.45, 2.75) is 13.8 Å². The van der Waals surface area contributed by atoms with Crippen molar-refractivity contribution in [2.75, 3.05) is 5.43 Å². The predicted molar refractivity (Wildman–Crippen MR) is 102 cm³/mol. The van der Waals surface area contributed by atoms with Crippen molar-refractivity contribution in [3.63, 3.8) is 0 Å². The molecule has 0 aliphatic heterocycles. The molecule has 1 heterocycles. The Morgan fingerprint density at radius 1 is 1.19 bits per heavy atom. The van der Waals surface area contributed by atoms with Crippen LogP contribution in [0.2, 0.25) is 0 Å². The van der Waals surface area contributed by atoms with Gasteiger partial charge in [-0.2, -0.15) is 10.4 Å². The number of aromatic amines is 1. The molecule has 0 bridgehead atoms. The third-order valence-corrected chi connectivity index (χ3v) is 3.88. The quantitative estimate of drug-likeness (QED) is 0.561. The molecule has 0 saturated heterocycles. The van der Waals surface area contributed by atoms with Crippen molar-refractivity contribution in [3.8, 4) is 17.3 Å². The highest BCUT2D eigenvalue weighted by Crippen LogP contribution is 2.19. The van der Waals surface area contributed by atoms with Gasteiger partial charge in [-0.25, -0.2) is 10.4 Å². The number of hydrazone groups is 1. The maximum atomic E-state index is 12.2. The lowest BCUT2D eigenvalue weighted by atomic mass is 10.1. The van der Waals surface area contributed by atoms with Crippen LogP contribution in [0.1, 0.15) is 22.3 Å². The van der Waals surface area contributed by atoms with Gasteiger partial charge in [-0.1, -0.05) is 54.1 Å². The maximum absolute atomic E-state index is 12.2. The molecule has 2 aromatic carbocycles. The summed E-state index contributed by atoms with van der Waals surface area (Å²) in [6.45, 7) is 4.03. The van der Waals surface area contributed by atoms with E-state index in [-0.39, 0.29) is 11.5 Å². The lowest BCUT2D eigenvalue weighted by Gasteiger charge is -2.06. The second-order valence-corrected chi connectivity index (χ2v) is 5.85. The third kappa shape index (κ3) is 3.68. The number of rotatable bonds is 4. The first kappa shape index (κ1) is 17.1. The maximum Gasteiger partial charge on any atom is 0.270 e. The molecule has 0 unspecified atom stereocenters. The monoisotopic (exact) mass is 343 g/mol. The van der Waals surface area contributed by atoms with Gasteiger partial charge in [0.2, 0.25) is 5.95 Å². The molecule has 3 aromatic rings. The molecule has 26 heavy (non-hydrogen) atoms. The molecule has 1 aromatic heterocycles. The van der Waals surface area contributed by atoms with Gasteiger partial charge < -0.3 is 0 Å². The van der Waals surface area contributed by atoms with E-state index in [0.717, 1.165) is 11.1 Å². The van der Waals surface area contributed by atoms with Gasteiger partial charge >= 0.3 is 0 Å². The molecule has 0 atom stereocenters. The van der Waals surface area contributed by atoms with Crippen molar-refractivity contribution < 1.29 is 0 Å². The molecule has 6 heteroatoms. The molecule has 128 valence electrons. The lowest BCUT2D eigenvalue weighted by molar-refractivity contribution is 1.08. The minimum atomic E-state index is -0.509. The summed E-state index contributed by atoms with van der Waals surface area (Å²) in [5.74, 6) is 0.175. The van der Waals surface area contributed by atoms with E-state index in [1.807, 2.05) is 50.2 Å². The molecule has 0 fully saturated rings. The molecular weight excluding hydrogens is 326 g/mol. The Balaban J connectivity index is 1.92. The number of nitriles is 1. The molecule has 2 N–H and O–H groups in total. The average molecular weight is 343 g/mol. The van der Waals surface area contributed by atoms with Crippen LogP contribution in [-0.4, -0.2) is 16.2 Å². The van der Waals surface area contributed by atoms with E-state index in [9.17, 15) is 10.1 Å². The Morgan fingerprint density at radius 3 is 2.65 bits per heavy atom. The van der Waals surface area contributed by atoms with E-state index in [1.165, 1.54) is 5.56 Å². The van der Waals surface area contributed by atoms with Crippen LogP contribution < -0.4 is 11.0 Å². The van der Waals surface area contributed by atoms with Crippen LogP contribution in [0.4, 0.5) is 5.95 Å². The van der Waals surface area contributed by atoms with Crippen molar-refractivity contribution >= 4 is 12.2 Å². The van der Waals surface area contributed by atoms with Crippen molar-refractivity contribution in [1.82, 2.24) is 9.97 Å². The number of aryl methyl sites for hydroxylation is 2. The number of nitrogens with one attached hydrogen (secondary N) is 2. The Bertz CT molecular complexity index is 1060. The van der Waals surface area contributed by atoms with Gasteiger partial charge in [-0.05, 0) is 25.0 Å². The average Bonchev–Trinajstić information content (AvgIpc) is 2.64.